The quantitative estimate of drug-likeness (QED) is 0.820. The first-order chi connectivity index (χ1) is 10.2. The lowest BCUT2D eigenvalue weighted by Crippen LogP contribution is -2.14. The number of carbonyl (C=O) groups is 1. The highest BCUT2D eigenvalue weighted by Gasteiger charge is 2.04. The fourth-order valence-electron chi connectivity index (χ4n) is 1.94. The number of methoxy groups -OCH3 is 1. The van der Waals surface area contributed by atoms with Crippen molar-refractivity contribution in [2.45, 2.75) is 18.2 Å². The fraction of sp³-hybridized carbons (Fsp3) is 0.235. The molecule has 0 fully saturated rings. The number of hydrogen-bond acceptors (Lipinski definition) is 3. The highest BCUT2D eigenvalue weighted by molar-refractivity contribution is 7.99. The molecule has 3 nitrogen and oxygen atoms in total. The number of anilines is 1. The summed E-state index contributed by atoms with van der Waals surface area (Å²) in [7, 11) is 1.62. The van der Waals surface area contributed by atoms with E-state index in [2.05, 4.69) is 24.4 Å². The van der Waals surface area contributed by atoms with Gasteiger partial charge in [0.2, 0.25) is 5.91 Å². The third kappa shape index (κ3) is 4.83. The van der Waals surface area contributed by atoms with E-state index in [-0.39, 0.29) is 5.91 Å². The van der Waals surface area contributed by atoms with Gasteiger partial charge in [-0.3, -0.25) is 4.79 Å². The maximum Gasteiger partial charge on any atom is 0.228 e. The Labute approximate surface area is 129 Å². The summed E-state index contributed by atoms with van der Waals surface area (Å²) in [4.78, 5) is 13.2. The van der Waals surface area contributed by atoms with Crippen molar-refractivity contribution in [3.05, 3.63) is 54.1 Å². The molecule has 2 rings (SSSR count). The molecule has 0 bridgehead atoms. The molecule has 0 aliphatic heterocycles. The van der Waals surface area contributed by atoms with Crippen LogP contribution in [0.15, 0.2) is 53.4 Å². The molecule has 0 aliphatic carbocycles. The number of amides is 1. The molecule has 0 aromatic heterocycles. The summed E-state index contributed by atoms with van der Waals surface area (Å²) in [6.07, 6.45) is 0.378. The first-order valence-corrected chi connectivity index (χ1v) is 7.85. The minimum absolute atomic E-state index is 0.0175. The molecule has 0 heterocycles. The third-order valence-corrected chi connectivity index (χ3v) is 3.87. The van der Waals surface area contributed by atoms with Gasteiger partial charge in [-0.25, -0.2) is 0 Å². The van der Waals surface area contributed by atoms with Gasteiger partial charge in [0.1, 0.15) is 5.75 Å². The summed E-state index contributed by atoms with van der Waals surface area (Å²) >= 11 is 1.80. The van der Waals surface area contributed by atoms with E-state index in [0.29, 0.717) is 6.42 Å². The summed E-state index contributed by atoms with van der Waals surface area (Å²) < 4.78 is 5.09. The van der Waals surface area contributed by atoms with E-state index in [1.165, 1.54) is 4.90 Å². The zero-order valence-electron chi connectivity index (χ0n) is 12.3. The number of hydrogen-bond donors (Lipinski definition) is 1. The monoisotopic (exact) mass is 301 g/mol. The molecule has 0 spiro atoms. The molecule has 1 N–H and O–H groups in total. The van der Waals surface area contributed by atoms with Crippen molar-refractivity contribution in [2.24, 2.45) is 0 Å². The normalized spacial score (nSPS) is 10.2. The van der Waals surface area contributed by atoms with Gasteiger partial charge in [0.05, 0.1) is 13.5 Å². The van der Waals surface area contributed by atoms with Crippen LogP contribution in [0.25, 0.3) is 0 Å². The van der Waals surface area contributed by atoms with E-state index in [1.807, 2.05) is 36.4 Å². The van der Waals surface area contributed by atoms with Gasteiger partial charge in [-0.1, -0.05) is 19.1 Å². The minimum Gasteiger partial charge on any atom is -0.497 e. The standard InChI is InChI=1S/C17H19NO2S/c1-3-21-16-10-4-13(5-11-16)12-17(19)18-14-6-8-15(20-2)9-7-14/h4-11H,3,12H2,1-2H3,(H,18,19). The van der Waals surface area contributed by atoms with Crippen molar-refractivity contribution in [2.75, 3.05) is 18.2 Å². The second-order valence-electron chi connectivity index (χ2n) is 4.53. The van der Waals surface area contributed by atoms with Crippen molar-refractivity contribution in [1.29, 1.82) is 0 Å². The van der Waals surface area contributed by atoms with Crippen molar-refractivity contribution in [1.82, 2.24) is 0 Å². The summed E-state index contributed by atoms with van der Waals surface area (Å²) in [5.74, 6) is 1.81. The second kappa shape index (κ2) is 7.74. The van der Waals surface area contributed by atoms with Crippen LogP contribution in [0.2, 0.25) is 0 Å². The molecule has 0 aliphatic rings. The molecule has 0 saturated carbocycles. The Morgan fingerprint density at radius 3 is 2.33 bits per heavy atom. The highest BCUT2D eigenvalue weighted by atomic mass is 32.2. The number of benzene rings is 2. The topological polar surface area (TPSA) is 38.3 Å². The van der Waals surface area contributed by atoms with Gasteiger partial charge in [-0.05, 0) is 47.7 Å². The Kier molecular flexibility index (Phi) is 5.69. The SMILES string of the molecule is CCSc1ccc(CC(=O)Nc2ccc(OC)cc2)cc1. The lowest BCUT2D eigenvalue weighted by Gasteiger charge is -2.07. The van der Waals surface area contributed by atoms with Crippen LogP contribution in [0.3, 0.4) is 0 Å². The third-order valence-electron chi connectivity index (χ3n) is 2.97. The Hall–Kier alpha value is -1.94. The van der Waals surface area contributed by atoms with E-state index >= 15 is 0 Å². The largest absolute Gasteiger partial charge is 0.497 e. The predicted molar refractivity (Wildman–Crippen MR) is 88.2 cm³/mol. The molecule has 0 atom stereocenters. The van der Waals surface area contributed by atoms with Crippen LogP contribution in [0.1, 0.15) is 12.5 Å². The van der Waals surface area contributed by atoms with Gasteiger partial charge < -0.3 is 10.1 Å². The number of thioether (sulfide) groups is 1. The van der Waals surface area contributed by atoms with Gasteiger partial charge in [0.25, 0.3) is 0 Å². The smallest absolute Gasteiger partial charge is 0.228 e. The maximum atomic E-state index is 12.0. The van der Waals surface area contributed by atoms with Gasteiger partial charge in [0.15, 0.2) is 0 Å². The lowest BCUT2D eigenvalue weighted by molar-refractivity contribution is -0.115. The molecule has 0 saturated heterocycles. The molecular formula is C17H19NO2S. The number of carbonyl (C=O) groups excluding carboxylic acids is 1. The lowest BCUT2D eigenvalue weighted by atomic mass is 10.1. The van der Waals surface area contributed by atoms with Crippen molar-refractivity contribution in [3.63, 3.8) is 0 Å². The zero-order valence-corrected chi connectivity index (χ0v) is 13.1. The Balaban J connectivity index is 1.91. The molecule has 4 heteroatoms. The molecule has 21 heavy (non-hydrogen) atoms. The average molecular weight is 301 g/mol. The van der Waals surface area contributed by atoms with Crippen LogP contribution in [-0.2, 0) is 11.2 Å². The second-order valence-corrected chi connectivity index (χ2v) is 5.87. The van der Waals surface area contributed by atoms with Gasteiger partial charge in [-0.2, -0.15) is 0 Å². The molecule has 110 valence electrons. The van der Waals surface area contributed by atoms with Crippen LogP contribution in [0.5, 0.6) is 5.75 Å². The number of nitrogens with one attached hydrogen (secondary N) is 1. The predicted octanol–water partition coefficient (Wildman–Crippen LogP) is 3.99. The van der Waals surface area contributed by atoms with Crippen LogP contribution in [0, 0.1) is 0 Å². The number of ether oxygens (including phenoxy) is 1. The molecular weight excluding hydrogens is 282 g/mol. The van der Waals surface area contributed by atoms with Crippen molar-refractivity contribution in [3.8, 4) is 5.75 Å². The number of rotatable bonds is 6. The zero-order chi connectivity index (χ0) is 15.1. The van der Waals surface area contributed by atoms with E-state index in [0.717, 1.165) is 22.8 Å². The first-order valence-electron chi connectivity index (χ1n) is 6.87. The Morgan fingerprint density at radius 2 is 1.76 bits per heavy atom. The summed E-state index contributed by atoms with van der Waals surface area (Å²) in [5, 5.41) is 2.88. The average Bonchev–Trinajstić information content (AvgIpc) is 2.50. The van der Waals surface area contributed by atoms with Crippen LogP contribution in [-0.4, -0.2) is 18.8 Å². The van der Waals surface area contributed by atoms with E-state index in [1.54, 1.807) is 18.9 Å². The van der Waals surface area contributed by atoms with Gasteiger partial charge in [-0.15, -0.1) is 11.8 Å². The Bertz CT molecular complexity index is 579. The van der Waals surface area contributed by atoms with E-state index < -0.39 is 0 Å². The molecule has 2 aromatic carbocycles. The van der Waals surface area contributed by atoms with E-state index in [9.17, 15) is 4.79 Å². The van der Waals surface area contributed by atoms with Gasteiger partial charge >= 0.3 is 0 Å². The summed E-state index contributed by atoms with van der Waals surface area (Å²) in [6, 6.07) is 15.4. The van der Waals surface area contributed by atoms with Crippen LogP contribution < -0.4 is 10.1 Å². The summed E-state index contributed by atoms with van der Waals surface area (Å²) in [5.41, 5.74) is 1.79. The highest BCUT2D eigenvalue weighted by Crippen LogP contribution is 2.18. The first kappa shape index (κ1) is 15.4. The van der Waals surface area contributed by atoms with Crippen LogP contribution >= 0.6 is 11.8 Å². The molecule has 0 radical (unpaired) electrons. The fourth-order valence-corrected chi connectivity index (χ4v) is 2.60. The summed E-state index contributed by atoms with van der Waals surface area (Å²) in [6.45, 7) is 2.13. The maximum absolute atomic E-state index is 12.0. The molecule has 0 unspecified atom stereocenters. The molecule has 1 amide bonds. The van der Waals surface area contributed by atoms with E-state index in [4.69, 9.17) is 4.74 Å². The minimum atomic E-state index is -0.0175. The molecule has 2 aromatic rings. The van der Waals surface area contributed by atoms with Crippen molar-refractivity contribution >= 4 is 23.4 Å². The van der Waals surface area contributed by atoms with Gasteiger partial charge in [0, 0.05) is 10.6 Å². The van der Waals surface area contributed by atoms with Crippen LogP contribution in [0.4, 0.5) is 5.69 Å². The van der Waals surface area contributed by atoms with Crippen molar-refractivity contribution < 1.29 is 9.53 Å². The Morgan fingerprint density at radius 1 is 1.10 bits per heavy atom.